The molecule has 21 heavy (non-hydrogen) atoms. The minimum atomic E-state index is 0.0221. The lowest BCUT2D eigenvalue weighted by molar-refractivity contribution is 0.371. The zero-order valence-corrected chi connectivity index (χ0v) is 13.4. The maximum atomic E-state index is 10.2. The summed E-state index contributed by atoms with van der Waals surface area (Å²) in [5.74, 6) is 3.68. The van der Waals surface area contributed by atoms with Crippen LogP contribution < -0.4 is 4.74 Å². The molecule has 0 amide bonds. The Hall–Kier alpha value is -1.34. The van der Waals surface area contributed by atoms with Crippen molar-refractivity contribution in [3.05, 3.63) is 24.0 Å². The van der Waals surface area contributed by atoms with E-state index in [1.54, 1.807) is 18.2 Å². The number of hydrogen-bond donors (Lipinski definition) is 1. The van der Waals surface area contributed by atoms with E-state index < -0.39 is 0 Å². The van der Waals surface area contributed by atoms with E-state index in [2.05, 4.69) is 17.1 Å². The molecule has 1 aliphatic heterocycles. The summed E-state index contributed by atoms with van der Waals surface area (Å²) in [6.45, 7) is 2.18. The van der Waals surface area contributed by atoms with Crippen molar-refractivity contribution in [3.8, 4) is 23.0 Å². The summed E-state index contributed by atoms with van der Waals surface area (Å²) >= 11 is 3.78. The van der Waals surface area contributed by atoms with E-state index in [1.165, 1.54) is 7.11 Å². The topological polar surface area (TPSA) is 68.4 Å². The number of rotatable bonds is 3. The average molecular weight is 324 g/mol. The van der Waals surface area contributed by atoms with Crippen molar-refractivity contribution in [2.75, 3.05) is 18.6 Å². The molecule has 1 aromatic heterocycles. The molecule has 5 nitrogen and oxygen atoms in total. The molecule has 112 valence electrons. The summed E-state index contributed by atoms with van der Waals surface area (Å²) in [5, 5.41) is 14.9. The van der Waals surface area contributed by atoms with Crippen LogP contribution in [0, 0.1) is 0 Å². The zero-order chi connectivity index (χ0) is 14.8. The Morgan fingerprint density at radius 1 is 1.33 bits per heavy atom. The van der Waals surface area contributed by atoms with Crippen LogP contribution in [0.4, 0.5) is 0 Å². The van der Waals surface area contributed by atoms with Crippen LogP contribution in [0.1, 0.15) is 18.0 Å². The monoisotopic (exact) mass is 324 g/mol. The Morgan fingerprint density at radius 2 is 2.14 bits per heavy atom. The molecule has 0 spiro atoms. The van der Waals surface area contributed by atoms with Crippen LogP contribution in [-0.4, -0.2) is 39.1 Å². The predicted octanol–water partition coefficient (Wildman–Crippen LogP) is 3.36. The number of benzene rings is 1. The number of nitrogens with zero attached hydrogens (tertiary/aromatic N) is 2. The lowest BCUT2D eigenvalue weighted by atomic mass is 10.2. The SMILES string of the molecule is COc1cccc(-c2nc(C3SCCSC3C)no2)c1O. The van der Waals surface area contributed by atoms with Crippen LogP contribution in [0.2, 0.25) is 0 Å². The fraction of sp³-hybridized carbons (Fsp3) is 0.429. The molecule has 1 fully saturated rings. The van der Waals surface area contributed by atoms with Gasteiger partial charge in [0, 0.05) is 16.8 Å². The minimum Gasteiger partial charge on any atom is -0.504 e. The highest BCUT2D eigenvalue weighted by molar-refractivity contribution is 8.06. The molecule has 2 atom stereocenters. The number of thioether (sulfide) groups is 2. The van der Waals surface area contributed by atoms with E-state index in [-0.39, 0.29) is 11.0 Å². The van der Waals surface area contributed by atoms with Gasteiger partial charge in [0.1, 0.15) is 0 Å². The maximum absolute atomic E-state index is 10.2. The van der Waals surface area contributed by atoms with Crippen molar-refractivity contribution in [3.63, 3.8) is 0 Å². The highest BCUT2D eigenvalue weighted by Crippen LogP contribution is 2.42. The number of para-hydroxylation sites is 1. The first-order valence-electron chi connectivity index (χ1n) is 6.64. The fourth-order valence-electron chi connectivity index (χ4n) is 2.24. The Labute approximate surface area is 131 Å². The van der Waals surface area contributed by atoms with Crippen molar-refractivity contribution < 1.29 is 14.4 Å². The van der Waals surface area contributed by atoms with Crippen molar-refractivity contribution in [2.45, 2.75) is 17.4 Å². The van der Waals surface area contributed by atoms with E-state index in [4.69, 9.17) is 9.26 Å². The molecule has 2 aromatic rings. The molecular formula is C14H16N2O3S2. The van der Waals surface area contributed by atoms with Gasteiger partial charge in [0.25, 0.3) is 5.89 Å². The molecule has 7 heteroatoms. The van der Waals surface area contributed by atoms with Gasteiger partial charge in [-0.2, -0.15) is 16.7 Å². The van der Waals surface area contributed by atoms with E-state index in [0.717, 1.165) is 11.5 Å². The summed E-state index contributed by atoms with van der Waals surface area (Å²) in [6.07, 6.45) is 0. The molecule has 2 unspecified atom stereocenters. The Balaban J connectivity index is 1.91. The highest BCUT2D eigenvalue weighted by atomic mass is 32.2. The van der Waals surface area contributed by atoms with Gasteiger partial charge in [-0.15, -0.1) is 11.8 Å². The normalized spacial score (nSPS) is 22.2. The van der Waals surface area contributed by atoms with Crippen LogP contribution in [0.25, 0.3) is 11.5 Å². The standard InChI is InChI=1S/C14H16N2O3S2/c1-8-12(21-7-6-20-8)13-15-14(19-16-13)9-4-3-5-10(18-2)11(9)17/h3-5,8,12,17H,6-7H2,1-2H3. The second-order valence-electron chi connectivity index (χ2n) is 4.68. The van der Waals surface area contributed by atoms with Crippen molar-refractivity contribution in [1.82, 2.24) is 10.1 Å². The third-order valence-electron chi connectivity index (χ3n) is 3.33. The maximum Gasteiger partial charge on any atom is 0.261 e. The van der Waals surface area contributed by atoms with E-state index in [9.17, 15) is 5.11 Å². The number of ether oxygens (including phenoxy) is 1. The first-order valence-corrected chi connectivity index (χ1v) is 8.73. The van der Waals surface area contributed by atoms with Crippen LogP contribution in [-0.2, 0) is 0 Å². The Kier molecular flexibility index (Phi) is 4.30. The highest BCUT2D eigenvalue weighted by Gasteiger charge is 2.29. The molecule has 1 aromatic carbocycles. The molecule has 3 rings (SSSR count). The number of methoxy groups -OCH3 is 1. The average Bonchev–Trinajstić information content (AvgIpc) is 2.97. The molecule has 1 saturated heterocycles. The number of phenolic OH excluding ortho intramolecular Hbond substituents is 1. The van der Waals surface area contributed by atoms with Gasteiger partial charge in [-0.05, 0) is 12.1 Å². The summed E-state index contributed by atoms with van der Waals surface area (Å²) in [4.78, 5) is 4.46. The summed E-state index contributed by atoms with van der Waals surface area (Å²) < 4.78 is 10.4. The van der Waals surface area contributed by atoms with E-state index >= 15 is 0 Å². The van der Waals surface area contributed by atoms with Gasteiger partial charge in [0.05, 0.1) is 17.9 Å². The van der Waals surface area contributed by atoms with Crippen LogP contribution in [0.3, 0.4) is 0 Å². The number of phenols is 1. The fourth-order valence-corrected chi connectivity index (χ4v) is 4.92. The predicted molar refractivity (Wildman–Crippen MR) is 85.1 cm³/mol. The summed E-state index contributed by atoms with van der Waals surface area (Å²) in [7, 11) is 1.51. The molecule has 0 saturated carbocycles. The second-order valence-corrected chi connectivity index (χ2v) is 7.42. The van der Waals surface area contributed by atoms with Gasteiger partial charge in [-0.3, -0.25) is 0 Å². The van der Waals surface area contributed by atoms with Crippen LogP contribution in [0.15, 0.2) is 22.7 Å². The van der Waals surface area contributed by atoms with Gasteiger partial charge >= 0.3 is 0 Å². The molecule has 0 radical (unpaired) electrons. The minimum absolute atomic E-state index is 0.0221. The zero-order valence-electron chi connectivity index (χ0n) is 11.8. The van der Waals surface area contributed by atoms with Crippen molar-refractivity contribution in [1.29, 1.82) is 0 Å². The van der Waals surface area contributed by atoms with Gasteiger partial charge in [-0.25, -0.2) is 0 Å². The Morgan fingerprint density at radius 3 is 2.90 bits per heavy atom. The molecule has 2 heterocycles. The molecule has 1 aliphatic rings. The lowest BCUT2D eigenvalue weighted by Gasteiger charge is -2.24. The van der Waals surface area contributed by atoms with Crippen LogP contribution in [0.5, 0.6) is 11.5 Å². The summed E-state index contributed by atoms with van der Waals surface area (Å²) in [6, 6.07) is 5.21. The van der Waals surface area contributed by atoms with Gasteiger partial charge in [0.2, 0.25) is 0 Å². The van der Waals surface area contributed by atoms with Crippen LogP contribution >= 0.6 is 23.5 Å². The van der Waals surface area contributed by atoms with E-state index in [0.29, 0.717) is 28.3 Å². The number of hydrogen-bond acceptors (Lipinski definition) is 7. The third kappa shape index (κ3) is 2.85. The smallest absolute Gasteiger partial charge is 0.261 e. The Bertz CT molecular complexity index is 632. The summed E-state index contributed by atoms with van der Waals surface area (Å²) in [5.41, 5.74) is 0.495. The first kappa shape index (κ1) is 14.6. The lowest BCUT2D eigenvalue weighted by Crippen LogP contribution is -2.16. The molecule has 0 aliphatic carbocycles. The number of aromatic nitrogens is 2. The molecule has 0 bridgehead atoms. The van der Waals surface area contributed by atoms with Gasteiger partial charge < -0.3 is 14.4 Å². The van der Waals surface area contributed by atoms with Crippen molar-refractivity contribution in [2.24, 2.45) is 0 Å². The van der Waals surface area contributed by atoms with Crippen molar-refractivity contribution >= 4 is 23.5 Å². The van der Waals surface area contributed by atoms with Gasteiger partial charge in [0.15, 0.2) is 17.3 Å². The van der Waals surface area contributed by atoms with Gasteiger partial charge in [-0.1, -0.05) is 18.1 Å². The van der Waals surface area contributed by atoms with E-state index in [1.807, 2.05) is 23.5 Å². The largest absolute Gasteiger partial charge is 0.504 e. The molecular weight excluding hydrogens is 308 g/mol. The third-order valence-corrected chi connectivity index (χ3v) is 6.42. The first-order chi connectivity index (χ1) is 10.2. The number of aromatic hydroxyl groups is 1. The quantitative estimate of drug-likeness (QED) is 0.928. The molecule has 1 N–H and O–H groups in total. The second kappa shape index (κ2) is 6.19.